The Kier molecular flexibility index (Phi) is 3.03. The zero-order valence-electron chi connectivity index (χ0n) is 10.4. The smallest absolute Gasteiger partial charge is 0.336 e. The van der Waals surface area contributed by atoms with Crippen molar-refractivity contribution >= 4 is 16.7 Å². The lowest BCUT2D eigenvalue weighted by Gasteiger charge is -2.03. The quantitative estimate of drug-likeness (QED) is 0.412. The minimum atomic E-state index is -0.603. The lowest BCUT2D eigenvalue weighted by Crippen LogP contribution is -1.96. The lowest BCUT2D eigenvalue weighted by molar-refractivity contribution is -0.385. The molecule has 0 bridgehead atoms. The van der Waals surface area contributed by atoms with Gasteiger partial charge in [-0.3, -0.25) is 10.1 Å². The average molecular weight is 285 g/mol. The van der Waals surface area contributed by atoms with Gasteiger partial charge in [-0.15, -0.1) is 0 Å². The SMILES string of the molecule is O=c1ccc2ccc(Oc3ncc([N+](=O)[O-])cn3)cc2o1. The Morgan fingerprint density at radius 2 is 1.86 bits per heavy atom. The zero-order valence-corrected chi connectivity index (χ0v) is 10.4. The summed E-state index contributed by atoms with van der Waals surface area (Å²) in [6.45, 7) is 0. The standard InChI is InChI=1S/C13H7N3O5/c17-12-4-2-8-1-3-10(5-11(8)21-12)20-13-14-6-9(7-15-13)16(18)19/h1-7H. The minimum absolute atomic E-state index is 0.0433. The molecule has 0 unspecified atom stereocenters. The van der Waals surface area contributed by atoms with Crippen molar-refractivity contribution in [3.63, 3.8) is 0 Å². The predicted octanol–water partition coefficient (Wildman–Crippen LogP) is 2.28. The van der Waals surface area contributed by atoms with Crippen LogP contribution in [0.1, 0.15) is 0 Å². The summed E-state index contributed by atoms with van der Waals surface area (Å²) in [7, 11) is 0. The highest BCUT2D eigenvalue weighted by molar-refractivity contribution is 5.77. The molecule has 0 radical (unpaired) electrons. The fourth-order valence-corrected chi connectivity index (χ4v) is 1.67. The van der Waals surface area contributed by atoms with E-state index in [9.17, 15) is 14.9 Å². The van der Waals surface area contributed by atoms with E-state index in [1.807, 2.05) is 0 Å². The van der Waals surface area contributed by atoms with Gasteiger partial charge in [0.2, 0.25) is 0 Å². The third kappa shape index (κ3) is 2.68. The number of rotatable bonds is 3. The van der Waals surface area contributed by atoms with E-state index in [0.29, 0.717) is 11.3 Å². The minimum Gasteiger partial charge on any atom is -0.424 e. The van der Waals surface area contributed by atoms with Gasteiger partial charge in [-0.05, 0) is 18.2 Å². The van der Waals surface area contributed by atoms with Crippen molar-refractivity contribution in [3.05, 3.63) is 63.3 Å². The van der Waals surface area contributed by atoms with Crippen LogP contribution < -0.4 is 10.4 Å². The van der Waals surface area contributed by atoms with E-state index in [1.165, 1.54) is 12.1 Å². The molecule has 3 aromatic rings. The first kappa shape index (κ1) is 12.7. The molecule has 0 amide bonds. The van der Waals surface area contributed by atoms with Crippen molar-refractivity contribution in [1.82, 2.24) is 9.97 Å². The van der Waals surface area contributed by atoms with Gasteiger partial charge in [-0.2, -0.15) is 9.97 Å². The number of ether oxygens (including phenoxy) is 1. The molecular formula is C13H7N3O5. The van der Waals surface area contributed by atoms with E-state index in [-0.39, 0.29) is 11.7 Å². The number of hydrogen-bond acceptors (Lipinski definition) is 7. The first-order chi connectivity index (χ1) is 10.1. The molecule has 3 rings (SSSR count). The van der Waals surface area contributed by atoms with Crippen molar-refractivity contribution in [3.8, 4) is 11.8 Å². The molecule has 0 atom stereocenters. The third-order valence-corrected chi connectivity index (χ3v) is 2.63. The van der Waals surface area contributed by atoms with E-state index in [2.05, 4.69) is 9.97 Å². The molecule has 104 valence electrons. The van der Waals surface area contributed by atoms with Crippen molar-refractivity contribution in [2.45, 2.75) is 0 Å². The number of hydrogen-bond donors (Lipinski definition) is 0. The molecule has 0 fully saturated rings. The number of fused-ring (bicyclic) bond motifs is 1. The van der Waals surface area contributed by atoms with E-state index < -0.39 is 10.5 Å². The van der Waals surface area contributed by atoms with Crippen LogP contribution in [-0.4, -0.2) is 14.9 Å². The van der Waals surface area contributed by atoms with Gasteiger partial charge >= 0.3 is 17.3 Å². The topological polar surface area (TPSA) is 108 Å². The maximum Gasteiger partial charge on any atom is 0.336 e. The number of benzene rings is 1. The van der Waals surface area contributed by atoms with Gasteiger partial charge in [0, 0.05) is 17.5 Å². The molecule has 1 aromatic carbocycles. The van der Waals surface area contributed by atoms with Gasteiger partial charge < -0.3 is 9.15 Å². The summed E-state index contributed by atoms with van der Waals surface area (Å²) in [5.41, 5.74) is -0.333. The van der Waals surface area contributed by atoms with Crippen molar-refractivity contribution in [2.75, 3.05) is 0 Å². The van der Waals surface area contributed by atoms with E-state index >= 15 is 0 Å². The summed E-state index contributed by atoms with van der Waals surface area (Å²) in [6.07, 6.45) is 2.09. The van der Waals surface area contributed by atoms with Gasteiger partial charge in [-0.1, -0.05) is 0 Å². The maximum atomic E-state index is 11.2. The predicted molar refractivity (Wildman–Crippen MR) is 71.2 cm³/mol. The van der Waals surface area contributed by atoms with E-state index in [4.69, 9.17) is 9.15 Å². The Bertz CT molecular complexity index is 873. The first-order valence-electron chi connectivity index (χ1n) is 5.80. The van der Waals surface area contributed by atoms with Crippen molar-refractivity contribution < 1.29 is 14.1 Å². The number of aromatic nitrogens is 2. The molecule has 8 heteroatoms. The lowest BCUT2D eigenvalue weighted by atomic mass is 10.2. The molecule has 0 aliphatic carbocycles. The van der Waals surface area contributed by atoms with Gasteiger partial charge in [0.25, 0.3) is 0 Å². The number of nitrogens with zero attached hydrogens (tertiary/aromatic N) is 3. The Labute approximate surface area is 116 Å². The summed E-state index contributed by atoms with van der Waals surface area (Å²) in [4.78, 5) is 28.5. The Hall–Kier alpha value is -3.29. The molecule has 2 aromatic heterocycles. The number of nitro groups is 1. The first-order valence-corrected chi connectivity index (χ1v) is 5.80. The van der Waals surface area contributed by atoms with Crippen LogP contribution in [0, 0.1) is 10.1 Å². The van der Waals surface area contributed by atoms with Crippen LogP contribution in [0.25, 0.3) is 11.0 Å². The van der Waals surface area contributed by atoms with Crippen LogP contribution >= 0.6 is 0 Å². The summed E-state index contributed by atoms with van der Waals surface area (Å²) >= 11 is 0. The zero-order chi connectivity index (χ0) is 14.8. The molecule has 8 nitrogen and oxygen atoms in total. The highest BCUT2D eigenvalue weighted by atomic mass is 16.6. The van der Waals surface area contributed by atoms with Crippen LogP contribution in [0.3, 0.4) is 0 Å². The van der Waals surface area contributed by atoms with Crippen LogP contribution in [-0.2, 0) is 0 Å². The summed E-state index contributed by atoms with van der Waals surface area (Å²) in [5.74, 6) is 0.353. The van der Waals surface area contributed by atoms with Crippen LogP contribution in [0.2, 0.25) is 0 Å². The second-order valence-corrected chi connectivity index (χ2v) is 4.04. The van der Waals surface area contributed by atoms with Gasteiger partial charge in [0.15, 0.2) is 0 Å². The summed E-state index contributed by atoms with van der Waals surface area (Å²) < 4.78 is 10.4. The van der Waals surface area contributed by atoms with E-state index in [1.54, 1.807) is 18.2 Å². The Morgan fingerprint density at radius 1 is 1.14 bits per heavy atom. The second kappa shape index (κ2) is 5.00. The van der Waals surface area contributed by atoms with Crippen LogP contribution in [0.15, 0.2) is 51.9 Å². The van der Waals surface area contributed by atoms with Crippen LogP contribution in [0.5, 0.6) is 11.8 Å². The normalized spacial score (nSPS) is 10.5. The Morgan fingerprint density at radius 3 is 2.57 bits per heavy atom. The summed E-state index contributed by atoms with van der Waals surface area (Å²) in [6, 6.07) is 7.78. The Balaban J connectivity index is 1.90. The second-order valence-electron chi connectivity index (χ2n) is 4.04. The molecule has 0 N–H and O–H groups in total. The highest BCUT2D eigenvalue weighted by Crippen LogP contribution is 2.23. The molecule has 0 aliphatic heterocycles. The maximum absolute atomic E-state index is 11.2. The van der Waals surface area contributed by atoms with Crippen molar-refractivity contribution in [2.24, 2.45) is 0 Å². The van der Waals surface area contributed by atoms with Crippen LogP contribution in [0.4, 0.5) is 5.69 Å². The molecule has 2 heterocycles. The third-order valence-electron chi connectivity index (χ3n) is 2.63. The highest BCUT2D eigenvalue weighted by Gasteiger charge is 2.08. The molecule has 0 saturated carbocycles. The van der Waals surface area contributed by atoms with E-state index in [0.717, 1.165) is 17.8 Å². The molecule has 0 saturated heterocycles. The van der Waals surface area contributed by atoms with Gasteiger partial charge in [-0.25, -0.2) is 4.79 Å². The molecule has 0 spiro atoms. The fourth-order valence-electron chi connectivity index (χ4n) is 1.67. The summed E-state index contributed by atoms with van der Waals surface area (Å²) in [5, 5.41) is 11.2. The molecule has 0 aliphatic rings. The van der Waals surface area contributed by atoms with Crippen molar-refractivity contribution in [1.29, 1.82) is 0 Å². The molecular weight excluding hydrogens is 278 g/mol. The van der Waals surface area contributed by atoms with Gasteiger partial charge in [0.1, 0.15) is 23.7 Å². The largest absolute Gasteiger partial charge is 0.424 e. The molecule has 21 heavy (non-hydrogen) atoms. The fraction of sp³-hybridized carbons (Fsp3) is 0. The average Bonchev–Trinajstić information content (AvgIpc) is 2.47. The monoisotopic (exact) mass is 285 g/mol. The van der Waals surface area contributed by atoms with Gasteiger partial charge in [0.05, 0.1) is 4.92 Å².